The van der Waals surface area contributed by atoms with Crippen LogP contribution < -0.4 is 0 Å². The monoisotopic (exact) mass is 142 g/mol. The first kappa shape index (κ1) is 7.81. The summed E-state index contributed by atoms with van der Waals surface area (Å²) in [7, 11) is 0. The van der Waals surface area contributed by atoms with E-state index < -0.39 is 0 Å². The van der Waals surface area contributed by atoms with Crippen LogP contribution in [0.25, 0.3) is 10.1 Å². The van der Waals surface area contributed by atoms with Crippen molar-refractivity contribution in [2.75, 3.05) is 0 Å². The van der Waals surface area contributed by atoms with Gasteiger partial charge in [-0.25, -0.2) is 0 Å². The van der Waals surface area contributed by atoms with Crippen molar-refractivity contribution >= 4 is 40.3 Å². The van der Waals surface area contributed by atoms with Gasteiger partial charge in [-0.05, 0) is 17.5 Å². The van der Waals surface area contributed by atoms with E-state index in [2.05, 4.69) is 16.4 Å². The second-order valence-corrected chi connectivity index (χ2v) is 2.78. The number of hydrogen-bond donors (Lipinski definition) is 0. The first-order chi connectivity index (χ1) is 4.47. The maximum absolute atomic E-state index is 3.99. The van der Waals surface area contributed by atoms with Crippen LogP contribution in [0.5, 0.6) is 0 Å². The van der Waals surface area contributed by atoms with Crippen molar-refractivity contribution in [2.24, 2.45) is 0 Å². The minimum absolute atomic E-state index is 0. The largest absolute Gasteiger partial charge is 0.264 e. The van der Waals surface area contributed by atoms with Gasteiger partial charge in [-0.3, -0.25) is 4.98 Å². The second kappa shape index (κ2) is 3.20. The zero-order valence-electron chi connectivity index (χ0n) is 5.74. The molecule has 0 fully saturated rings. The number of rotatable bonds is 0. The topological polar surface area (TPSA) is 12.9 Å². The first-order valence-electron chi connectivity index (χ1n) is 2.74. The summed E-state index contributed by atoms with van der Waals surface area (Å²) in [6.45, 7) is 0. The predicted octanol–water partition coefficient (Wildman–Crippen LogP) is 1.92. The Hall–Kier alpha value is -0.293. The third-order valence-electron chi connectivity index (χ3n) is 1.25. The number of thiophene rings is 1. The van der Waals surface area contributed by atoms with E-state index in [-0.39, 0.29) is 18.9 Å². The summed E-state index contributed by atoms with van der Waals surface area (Å²) in [5.74, 6) is 0. The van der Waals surface area contributed by atoms with Gasteiger partial charge in [0.1, 0.15) is 0 Å². The van der Waals surface area contributed by atoms with Crippen LogP contribution in [0.2, 0.25) is 0 Å². The number of fused-ring (bicyclic) bond motifs is 1. The van der Waals surface area contributed by atoms with E-state index in [9.17, 15) is 0 Å². The SMILES string of the molecule is [Li].c1cc2sccc2cn1. The van der Waals surface area contributed by atoms with Gasteiger partial charge in [-0.15, -0.1) is 11.3 Å². The fourth-order valence-corrected chi connectivity index (χ4v) is 1.56. The van der Waals surface area contributed by atoms with Crippen LogP contribution in [0.3, 0.4) is 0 Å². The Labute approximate surface area is 75.3 Å². The fourth-order valence-electron chi connectivity index (χ4n) is 0.807. The van der Waals surface area contributed by atoms with E-state index in [0.29, 0.717) is 0 Å². The van der Waals surface area contributed by atoms with E-state index in [4.69, 9.17) is 0 Å². The number of aromatic nitrogens is 1. The van der Waals surface area contributed by atoms with Crippen molar-refractivity contribution in [3.63, 3.8) is 0 Å². The van der Waals surface area contributed by atoms with Gasteiger partial charge in [0.15, 0.2) is 0 Å². The van der Waals surface area contributed by atoms with Crippen LogP contribution in [0, 0.1) is 0 Å². The number of nitrogens with zero attached hydrogens (tertiary/aromatic N) is 1. The van der Waals surface area contributed by atoms with E-state index in [0.717, 1.165) is 0 Å². The zero-order valence-corrected chi connectivity index (χ0v) is 6.56. The molecule has 2 aromatic rings. The van der Waals surface area contributed by atoms with E-state index >= 15 is 0 Å². The molecule has 1 radical (unpaired) electrons. The molecule has 2 rings (SSSR count). The molecule has 0 saturated carbocycles. The fraction of sp³-hybridized carbons (Fsp3) is 0. The summed E-state index contributed by atoms with van der Waals surface area (Å²) in [6, 6.07) is 4.10. The van der Waals surface area contributed by atoms with Crippen LogP contribution in [0.1, 0.15) is 0 Å². The standard InChI is InChI=1S/C7H5NS.Li/c1-3-8-5-6-2-4-9-7(1)6;/h1-5H;. The van der Waals surface area contributed by atoms with E-state index in [1.165, 1.54) is 10.1 Å². The average Bonchev–Trinajstić information content (AvgIpc) is 2.33. The molecule has 0 unspecified atom stereocenters. The molecule has 0 saturated heterocycles. The van der Waals surface area contributed by atoms with Gasteiger partial charge in [-0.1, -0.05) is 0 Å². The summed E-state index contributed by atoms with van der Waals surface area (Å²) in [4.78, 5) is 3.99. The van der Waals surface area contributed by atoms with Crippen LogP contribution in [-0.2, 0) is 0 Å². The molecule has 0 amide bonds. The molecule has 2 aromatic heterocycles. The van der Waals surface area contributed by atoms with E-state index in [1.807, 2.05) is 18.5 Å². The molecule has 0 bridgehead atoms. The van der Waals surface area contributed by atoms with E-state index in [1.54, 1.807) is 11.3 Å². The second-order valence-electron chi connectivity index (χ2n) is 1.83. The Bertz CT molecular complexity index is 288. The number of pyridine rings is 1. The minimum atomic E-state index is 0. The molecule has 0 atom stereocenters. The first-order valence-corrected chi connectivity index (χ1v) is 3.62. The Kier molecular flexibility index (Phi) is 2.50. The van der Waals surface area contributed by atoms with Gasteiger partial charge < -0.3 is 0 Å². The van der Waals surface area contributed by atoms with Crippen molar-refractivity contribution in [1.82, 2.24) is 4.98 Å². The maximum Gasteiger partial charge on any atom is 0.0373 e. The van der Waals surface area contributed by atoms with Crippen molar-refractivity contribution in [1.29, 1.82) is 0 Å². The van der Waals surface area contributed by atoms with Crippen molar-refractivity contribution < 1.29 is 0 Å². The molecule has 3 heteroatoms. The van der Waals surface area contributed by atoms with Gasteiger partial charge in [0.05, 0.1) is 0 Å². The number of hydrogen-bond acceptors (Lipinski definition) is 2. The molecular formula is C7H5LiNS. The van der Waals surface area contributed by atoms with Crippen LogP contribution >= 0.6 is 11.3 Å². The van der Waals surface area contributed by atoms with Gasteiger partial charge in [0, 0.05) is 41.3 Å². The predicted molar refractivity (Wildman–Crippen MR) is 45.4 cm³/mol. The summed E-state index contributed by atoms with van der Waals surface area (Å²) in [5.41, 5.74) is 0. The summed E-state index contributed by atoms with van der Waals surface area (Å²) < 4.78 is 1.31. The molecular weight excluding hydrogens is 137 g/mol. The molecule has 0 aliphatic heterocycles. The Morgan fingerprint density at radius 1 is 1.30 bits per heavy atom. The van der Waals surface area contributed by atoms with Crippen molar-refractivity contribution in [3.05, 3.63) is 29.9 Å². The quantitative estimate of drug-likeness (QED) is 0.512. The Morgan fingerprint density at radius 3 is 3.00 bits per heavy atom. The average molecular weight is 142 g/mol. The molecule has 0 N–H and O–H groups in total. The maximum atomic E-state index is 3.99. The molecule has 0 aliphatic rings. The van der Waals surface area contributed by atoms with Crippen LogP contribution in [0.4, 0.5) is 0 Å². The van der Waals surface area contributed by atoms with Gasteiger partial charge in [0.25, 0.3) is 0 Å². The molecule has 0 aromatic carbocycles. The molecule has 2 heterocycles. The van der Waals surface area contributed by atoms with Gasteiger partial charge in [-0.2, -0.15) is 0 Å². The molecule has 0 spiro atoms. The smallest absolute Gasteiger partial charge is 0.0373 e. The molecule has 45 valence electrons. The Morgan fingerprint density at radius 2 is 2.20 bits per heavy atom. The molecule has 0 aliphatic carbocycles. The normalized spacial score (nSPS) is 9.20. The van der Waals surface area contributed by atoms with Crippen molar-refractivity contribution in [2.45, 2.75) is 0 Å². The zero-order chi connectivity index (χ0) is 6.10. The molecule has 10 heavy (non-hydrogen) atoms. The minimum Gasteiger partial charge on any atom is -0.264 e. The third kappa shape index (κ3) is 1.24. The van der Waals surface area contributed by atoms with Gasteiger partial charge in [0.2, 0.25) is 0 Å². The van der Waals surface area contributed by atoms with Crippen LogP contribution in [-0.4, -0.2) is 23.8 Å². The van der Waals surface area contributed by atoms with Crippen molar-refractivity contribution in [3.8, 4) is 0 Å². The summed E-state index contributed by atoms with van der Waals surface area (Å²) >= 11 is 1.75. The summed E-state index contributed by atoms with van der Waals surface area (Å²) in [6.07, 6.45) is 3.70. The third-order valence-corrected chi connectivity index (χ3v) is 2.15. The van der Waals surface area contributed by atoms with Crippen LogP contribution in [0.15, 0.2) is 29.9 Å². The summed E-state index contributed by atoms with van der Waals surface area (Å²) in [5, 5.41) is 3.31. The van der Waals surface area contributed by atoms with Gasteiger partial charge >= 0.3 is 0 Å². The Balaban J connectivity index is 0.000000500. The molecule has 1 nitrogen and oxygen atoms in total.